The molecule has 26 heavy (non-hydrogen) atoms. The van der Waals surface area contributed by atoms with Crippen molar-refractivity contribution in [1.82, 2.24) is 5.32 Å². The van der Waals surface area contributed by atoms with Crippen LogP contribution >= 0.6 is 0 Å². The third-order valence-electron chi connectivity index (χ3n) is 3.65. The van der Waals surface area contributed by atoms with Gasteiger partial charge in [0.25, 0.3) is 5.91 Å². The van der Waals surface area contributed by atoms with Gasteiger partial charge in [-0.15, -0.1) is 0 Å². The molecule has 132 valence electrons. The van der Waals surface area contributed by atoms with Crippen molar-refractivity contribution in [3.63, 3.8) is 0 Å². The van der Waals surface area contributed by atoms with E-state index in [1.807, 2.05) is 18.2 Å². The van der Waals surface area contributed by atoms with Crippen LogP contribution in [0.1, 0.15) is 22.8 Å². The highest BCUT2D eigenvalue weighted by molar-refractivity contribution is 5.97. The highest BCUT2D eigenvalue weighted by Crippen LogP contribution is 2.12. The minimum atomic E-state index is -0.476. The van der Waals surface area contributed by atoms with Crippen molar-refractivity contribution >= 4 is 17.4 Å². The summed E-state index contributed by atoms with van der Waals surface area (Å²) in [6.07, 6.45) is 1.34. The Morgan fingerprint density at radius 1 is 1.12 bits per heavy atom. The van der Waals surface area contributed by atoms with Crippen LogP contribution in [0.3, 0.4) is 0 Å². The maximum absolute atomic E-state index is 12.1. The summed E-state index contributed by atoms with van der Waals surface area (Å²) in [5.74, 6) is 0.233. The van der Waals surface area contributed by atoms with Crippen molar-refractivity contribution in [1.29, 1.82) is 5.26 Å². The summed E-state index contributed by atoms with van der Waals surface area (Å²) < 4.78 is 5.08. The molecule has 0 unspecified atom stereocenters. The number of nitriles is 1. The van der Waals surface area contributed by atoms with Gasteiger partial charge in [-0.2, -0.15) is 5.26 Å². The number of Topliss-reactive ketones (excluding diaryl/α,β-unsaturated/α-hetero) is 1. The van der Waals surface area contributed by atoms with Crippen molar-refractivity contribution in [2.75, 3.05) is 12.4 Å². The SMILES string of the molecule is COc1ccc(CNC(=O)/C(C#N)=C\Nc2ccc(C(C)=O)cc2)cc1. The van der Waals surface area contributed by atoms with Gasteiger partial charge in [0.2, 0.25) is 0 Å². The fraction of sp³-hybridized carbons (Fsp3) is 0.150. The van der Waals surface area contributed by atoms with Crippen molar-refractivity contribution < 1.29 is 14.3 Å². The summed E-state index contributed by atoms with van der Waals surface area (Å²) in [5.41, 5.74) is 2.11. The Balaban J connectivity index is 1.95. The fourth-order valence-corrected chi connectivity index (χ4v) is 2.13. The summed E-state index contributed by atoms with van der Waals surface area (Å²) in [6, 6.07) is 15.9. The third-order valence-corrected chi connectivity index (χ3v) is 3.65. The summed E-state index contributed by atoms with van der Waals surface area (Å²) >= 11 is 0. The first kappa shape index (κ1) is 18.7. The van der Waals surface area contributed by atoms with Crippen LogP contribution in [-0.2, 0) is 11.3 Å². The summed E-state index contributed by atoms with van der Waals surface area (Å²) in [6.45, 7) is 1.79. The number of carbonyl (C=O) groups excluding carboxylic acids is 2. The number of benzene rings is 2. The number of rotatable bonds is 7. The number of carbonyl (C=O) groups is 2. The Bertz CT molecular complexity index is 847. The molecular weight excluding hydrogens is 330 g/mol. The van der Waals surface area contributed by atoms with Gasteiger partial charge in [-0.1, -0.05) is 12.1 Å². The number of hydrogen-bond acceptors (Lipinski definition) is 5. The van der Waals surface area contributed by atoms with Crippen LogP contribution < -0.4 is 15.4 Å². The smallest absolute Gasteiger partial charge is 0.263 e. The largest absolute Gasteiger partial charge is 0.497 e. The Kier molecular flexibility index (Phi) is 6.52. The maximum atomic E-state index is 12.1. The molecule has 2 rings (SSSR count). The van der Waals surface area contributed by atoms with Gasteiger partial charge in [0.15, 0.2) is 5.78 Å². The molecule has 0 fully saturated rings. The number of ether oxygens (including phenoxy) is 1. The number of nitrogens with zero attached hydrogens (tertiary/aromatic N) is 1. The van der Waals surface area contributed by atoms with E-state index in [2.05, 4.69) is 10.6 Å². The number of nitrogens with one attached hydrogen (secondary N) is 2. The third kappa shape index (κ3) is 5.21. The monoisotopic (exact) mass is 349 g/mol. The number of ketones is 1. The first-order chi connectivity index (χ1) is 12.5. The molecule has 1 amide bonds. The first-order valence-corrected chi connectivity index (χ1v) is 7.92. The fourth-order valence-electron chi connectivity index (χ4n) is 2.13. The van der Waals surface area contributed by atoms with Crippen LogP contribution in [0.4, 0.5) is 5.69 Å². The lowest BCUT2D eigenvalue weighted by Crippen LogP contribution is -2.24. The Labute approximate surface area is 152 Å². The van der Waals surface area contributed by atoms with Gasteiger partial charge in [0.1, 0.15) is 17.4 Å². The van der Waals surface area contributed by atoms with Crippen LogP contribution in [0.5, 0.6) is 5.75 Å². The standard InChI is InChI=1S/C20H19N3O3/c1-14(24)16-5-7-18(8-6-16)22-13-17(11-21)20(25)23-12-15-3-9-19(26-2)10-4-15/h3-10,13,22H,12H2,1-2H3,(H,23,25)/b17-13-. The number of hydrogen-bond donors (Lipinski definition) is 2. The predicted octanol–water partition coefficient (Wildman–Crippen LogP) is 3.03. The predicted molar refractivity (Wildman–Crippen MR) is 98.6 cm³/mol. The molecule has 2 N–H and O–H groups in total. The van der Waals surface area contributed by atoms with Crippen LogP contribution in [0.25, 0.3) is 0 Å². The molecule has 6 nitrogen and oxygen atoms in total. The second-order valence-corrected chi connectivity index (χ2v) is 5.48. The molecule has 0 heterocycles. The van der Waals surface area contributed by atoms with E-state index in [1.165, 1.54) is 13.1 Å². The van der Waals surface area contributed by atoms with Crippen molar-refractivity contribution in [2.24, 2.45) is 0 Å². The summed E-state index contributed by atoms with van der Waals surface area (Å²) in [4.78, 5) is 23.4. The Morgan fingerprint density at radius 2 is 1.77 bits per heavy atom. The van der Waals surface area contributed by atoms with E-state index in [9.17, 15) is 14.9 Å². The molecule has 0 aliphatic rings. The molecule has 0 saturated carbocycles. The molecule has 2 aromatic rings. The van der Waals surface area contributed by atoms with Gasteiger partial charge in [-0.05, 0) is 48.9 Å². The zero-order valence-electron chi connectivity index (χ0n) is 14.6. The lowest BCUT2D eigenvalue weighted by molar-refractivity contribution is -0.117. The zero-order chi connectivity index (χ0) is 18.9. The maximum Gasteiger partial charge on any atom is 0.263 e. The summed E-state index contributed by atoms with van der Waals surface area (Å²) in [5, 5.41) is 14.8. The quantitative estimate of drug-likeness (QED) is 0.455. The highest BCUT2D eigenvalue weighted by atomic mass is 16.5. The topological polar surface area (TPSA) is 91.2 Å². The van der Waals surface area contributed by atoms with Gasteiger partial charge in [0.05, 0.1) is 7.11 Å². The van der Waals surface area contributed by atoms with Crippen LogP contribution in [0.15, 0.2) is 60.3 Å². The van der Waals surface area contributed by atoms with E-state index in [-0.39, 0.29) is 11.4 Å². The molecular formula is C20H19N3O3. The lowest BCUT2D eigenvalue weighted by Gasteiger charge is -2.06. The average Bonchev–Trinajstić information content (AvgIpc) is 2.67. The molecule has 0 radical (unpaired) electrons. The van der Waals surface area contributed by atoms with Gasteiger partial charge < -0.3 is 15.4 Å². The molecule has 0 aliphatic carbocycles. The molecule has 0 atom stereocenters. The Morgan fingerprint density at radius 3 is 2.31 bits per heavy atom. The van der Waals surface area contributed by atoms with Crippen LogP contribution in [0, 0.1) is 11.3 Å². The van der Waals surface area contributed by atoms with Crippen molar-refractivity contribution in [2.45, 2.75) is 13.5 Å². The van der Waals surface area contributed by atoms with Crippen molar-refractivity contribution in [3.05, 3.63) is 71.4 Å². The number of methoxy groups -OCH3 is 1. The van der Waals surface area contributed by atoms with E-state index in [1.54, 1.807) is 43.5 Å². The van der Waals surface area contributed by atoms with E-state index in [0.717, 1.165) is 11.3 Å². The molecule has 2 aromatic carbocycles. The van der Waals surface area contributed by atoms with Crippen LogP contribution in [-0.4, -0.2) is 18.8 Å². The normalized spacial score (nSPS) is 10.6. The van der Waals surface area contributed by atoms with Gasteiger partial charge >= 0.3 is 0 Å². The van der Waals surface area contributed by atoms with Gasteiger partial charge in [-0.3, -0.25) is 9.59 Å². The second kappa shape index (κ2) is 9.04. The van der Waals surface area contributed by atoms with E-state index in [4.69, 9.17) is 4.74 Å². The number of amides is 1. The molecule has 0 bridgehead atoms. The second-order valence-electron chi connectivity index (χ2n) is 5.48. The zero-order valence-corrected chi connectivity index (χ0v) is 14.6. The first-order valence-electron chi connectivity index (χ1n) is 7.92. The molecule has 0 spiro atoms. The summed E-state index contributed by atoms with van der Waals surface area (Å²) in [7, 11) is 1.58. The Hall–Kier alpha value is -3.59. The minimum Gasteiger partial charge on any atom is -0.497 e. The molecule has 6 heteroatoms. The average molecular weight is 349 g/mol. The molecule has 0 aromatic heterocycles. The number of anilines is 1. The van der Waals surface area contributed by atoms with E-state index in [0.29, 0.717) is 17.8 Å². The molecule has 0 saturated heterocycles. The highest BCUT2D eigenvalue weighted by Gasteiger charge is 2.08. The molecule has 0 aliphatic heterocycles. The van der Waals surface area contributed by atoms with E-state index >= 15 is 0 Å². The van der Waals surface area contributed by atoms with E-state index < -0.39 is 5.91 Å². The minimum absolute atomic E-state index is 0.0253. The van der Waals surface area contributed by atoms with Gasteiger partial charge in [0, 0.05) is 24.0 Å². The lowest BCUT2D eigenvalue weighted by atomic mass is 10.1. The van der Waals surface area contributed by atoms with Crippen LogP contribution in [0.2, 0.25) is 0 Å². The van der Waals surface area contributed by atoms with Gasteiger partial charge in [-0.25, -0.2) is 0 Å². The van der Waals surface area contributed by atoms with Crippen molar-refractivity contribution in [3.8, 4) is 11.8 Å².